The number of methoxy groups -OCH3 is 1. The van der Waals surface area contributed by atoms with Crippen LogP contribution in [0, 0.1) is 0 Å². The van der Waals surface area contributed by atoms with Crippen molar-refractivity contribution in [2.75, 3.05) is 12.4 Å². The van der Waals surface area contributed by atoms with Gasteiger partial charge in [-0.1, -0.05) is 39.0 Å². The van der Waals surface area contributed by atoms with Crippen LogP contribution < -0.4 is 10.1 Å². The van der Waals surface area contributed by atoms with Gasteiger partial charge in [0.05, 0.1) is 7.11 Å². The predicted octanol–water partition coefficient (Wildman–Crippen LogP) is 4.93. The summed E-state index contributed by atoms with van der Waals surface area (Å²) in [5.74, 6) is 0.764. The van der Waals surface area contributed by atoms with Crippen LogP contribution in [0.3, 0.4) is 0 Å². The second-order valence-corrected chi connectivity index (χ2v) is 7.64. The first kappa shape index (κ1) is 18.0. The average molecular weight is 375 g/mol. The fraction of sp³-hybridized carbons (Fsp3) is 0.227. The number of ether oxygens (including phenoxy) is 1. The van der Waals surface area contributed by atoms with E-state index in [1.807, 2.05) is 51.1 Å². The first-order valence-corrected chi connectivity index (χ1v) is 9.01. The van der Waals surface area contributed by atoms with Crippen LogP contribution in [0.4, 0.5) is 5.69 Å². The SMILES string of the molecule is COc1nc(C(=O)Nc2ccc3oc(C(C)(C)C)nc3c2)cc2ccccc12. The topological polar surface area (TPSA) is 77.2 Å². The molecule has 4 aromatic rings. The summed E-state index contributed by atoms with van der Waals surface area (Å²) in [7, 11) is 1.54. The maximum absolute atomic E-state index is 12.8. The lowest BCUT2D eigenvalue weighted by molar-refractivity contribution is 0.102. The number of benzene rings is 2. The zero-order chi connectivity index (χ0) is 19.9. The minimum atomic E-state index is -0.317. The molecule has 0 spiro atoms. The third-order valence-electron chi connectivity index (χ3n) is 4.42. The molecule has 0 fully saturated rings. The molecule has 28 heavy (non-hydrogen) atoms. The number of fused-ring (bicyclic) bond motifs is 2. The Labute approximate surface area is 162 Å². The second-order valence-electron chi connectivity index (χ2n) is 7.64. The van der Waals surface area contributed by atoms with Crippen molar-refractivity contribution in [2.45, 2.75) is 26.2 Å². The molecule has 0 aliphatic carbocycles. The molecule has 0 radical (unpaired) electrons. The van der Waals surface area contributed by atoms with Gasteiger partial charge in [-0.15, -0.1) is 0 Å². The molecule has 6 nitrogen and oxygen atoms in total. The van der Waals surface area contributed by atoms with Gasteiger partial charge >= 0.3 is 0 Å². The van der Waals surface area contributed by atoms with Crippen LogP contribution in [-0.2, 0) is 5.41 Å². The Hall–Kier alpha value is -3.41. The molecule has 1 N–H and O–H groups in total. The molecule has 0 saturated carbocycles. The lowest BCUT2D eigenvalue weighted by Gasteiger charge is -2.11. The number of hydrogen-bond donors (Lipinski definition) is 1. The molecular weight excluding hydrogens is 354 g/mol. The Morgan fingerprint density at radius 2 is 1.86 bits per heavy atom. The number of anilines is 1. The van der Waals surface area contributed by atoms with Gasteiger partial charge in [0.25, 0.3) is 5.91 Å². The molecule has 0 bridgehead atoms. The highest BCUT2D eigenvalue weighted by Crippen LogP contribution is 2.28. The van der Waals surface area contributed by atoms with Crippen molar-refractivity contribution in [1.29, 1.82) is 0 Å². The number of hydrogen-bond acceptors (Lipinski definition) is 5. The summed E-state index contributed by atoms with van der Waals surface area (Å²) >= 11 is 0. The highest BCUT2D eigenvalue weighted by atomic mass is 16.5. The number of oxazole rings is 1. The number of rotatable bonds is 3. The summed E-state index contributed by atoms with van der Waals surface area (Å²) in [5.41, 5.74) is 2.11. The number of nitrogens with zero attached hydrogens (tertiary/aromatic N) is 2. The quantitative estimate of drug-likeness (QED) is 0.549. The van der Waals surface area contributed by atoms with E-state index >= 15 is 0 Å². The van der Waals surface area contributed by atoms with Gasteiger partial charge in [0.2, 0.25) is 11.8 Å². The molecule has 2 aromatic carbocycles. The average Bonchev–Trinajstić information content (AvgIpc) is 3.11. The van der Waals surface area contributed by atoms with Gasteiger partial charge in [0, 0.05) is 16.5 Å². The van der Waals surface area contributed by atoms with Crippen LogP contribution >= 0.6 is 0 Å². The fourth-order valence-electron chi connectivity index (χ4n) is 2.96. The van der Waals surface area contributed by atoms with E-state index in [9.17, 15) is 4.79 Å². The number of carbonyl (C=O) groups excluding carboxylic acids is 1. The molecule has 142 valence electrons. The Morgan fingerprint density at radius 3 is 2.61 bits per heavy atom. The molecular formula is C22H21N3O3. The summed E-state index contributed by atoms with van der Waals surface area (Å²) in [6.45, 7) is 6.12. The van der Waals surface area contributed by atoms with Crippen molar-refractivity contribution in [3.05, 3.63) is 60.1 Å². The van der Waals surface area contributed by atoms with Gasteiger partial charge in [-0.3, -0.25) is 4.79 Å². The summed E-state index contributed by atoms with van der Waals surface area (Å²) in [5, 5.41) is 4.63. The smallest absolute Gasteiger partial charge is 0.274 e. The molecule has 0 unspecified atom stereocenters. The lowest BCUT2D eigenvalue weighted by Crippen LogP contribution is -2.14. The van der Waals surface area contributed by atoms with Crippen LogP contribution in [0.25, 0.3) is 21.9 Å². The molecule has 0 aliphatic rings. The molecule has 2 heterocycles. The Balaban J connectivity index is 1.65. The maximum atomic E-state index is 12.8. The van der Waals surface area contributed by atoms with Crippen molar-refractivity contribution in [2.24, 2.45) is 0 Å². The maximum Gasteiger partial charge on any atom is 0.274 e. The minimum Gasteiger partial charge on any atom is -0.481 e. The van der Waals surface area contributed by atoms with Crippen molar-refractivity contribution in [1.82, 2.24) is 9.97 Å². The van der Waals surface area contributed by atoms with E-state index in [1.54, 1.807) is 25.3 Å². The highest BCUT2D eigenvalue weighted by molar-refractivity contribution is 6.06. The molecule has 1 amide bonds. The number of amides is 1. The molecule has 0 aliphatic heterocycles. The normalized spacial score (nSPS) is 11.7. The van der Waals surface area contributed by atoms with E-state index in [1.165, 1.54) is 0 Å². The van der Waals surface area contributed by atoms with Gasteiger partial charge in [-0.25, -0.2) is 9.97 Å². The summed E-state index contributed by atoms with van der Waals surface area (Å²) in [6.07, 6.45) is 0. The fourth-order valence-corrected chi connectivity index (χ4v) is 2.96. The zero-order valence-electron chi connectivity index (χ0n) is 16.2. The highest BCUT2D eigenvalue weighted by Gasteiger charge is 2.21. The number of carbonyl (C=O) groups is 1. The summed E-state index contributed by atoms with van der Waals surface area (Å²) in [4.78, 5) is 21.6. The largest absolute Gasteiger partial charge is 0.481 e. The first-order chi connectivity index (χ1) is 13.3. The first-order valence-electron chi connectivity index (χ1n) is 9.01. The van der Waals surface area contributed by atoms with Crippen LogP contribution in [0.1, 0.15) is 37.2 Å². The monoisotopic (exact) mass is 375 g/mol. The molecule has 4 rings (SSSR count). The zero-order valence-corrected chi connectivity index (χ0v) is 16.2. The predicted molar refractivity (Wildman–Crippen MR) is 109 cm³/mol. The van der Waals surface area contributed by atoms with Gasteiger partial charge in [0.15, 0.2) is 5.58 Å². The standard InChI is InChI=1S/C22H21N3O3/c1-22(2,3)21-25-16-12-14(9-10-18(16)28-21)23-19(26)17-11-13-7-5-6-8-15(13)20(24-17)27-4/h5-12H,1-4H3,(H,23,26). The second kappa shape index (κ2) is 6.64. The van der Waals surface area contributed by atoms with Crippen LogP contribution in [0.5, 0.6) is 5.88 Å². The van der Waals surface area contributed by atoms with E-state index in [0.717, 1.165) is 10.8 Å². The van der Waals surface area contributed by atoms with Crippen molar-refractivity contribution >= 4 is 33.5 Å². The van der Waals surface area contributed by atoms with Crippen LogP contribution in [0.2, 0.25) is 0 Å². The van der Waals surface area contributed by atoms with E-state index in [0.29, 0.717) is 28.6 Å². The third kappa shape index (κ3) is 3.29. The van der Waals surface area contributed by atoms with Crippen molar-refractivity contribution < 1.29 is 13.9 Å². The van der Waals surface area contributed by atoms with E-state index in [2.05, 4.69) is 15.3 Å². The van der Waals surface area contributed by atoms with Gasteiger partial charge < -0.3 is 14.5 Å². The Bertz CT molecular complexity index is 1190. The lowest BCUT2D eigenvalue weighted by atomic mass is 9.97. The van der Waals surface area contributed by atoms with E-state index in [4.69, 9.17) is 9.15 Å². The number of nitrogens with one attached hydrogen (secondary N) is 1. The number of pyridine rings is 1. The van der Waals surface area contributed by atoms with Crippen molar-refractivity contribution in [3.63, 3.8) is 0 Å². The molecule has 2 aromatic heterocycles. The minimum absolute atomic E-state index is 0.187. The Kier molecular flexibility index (Phi) is 4.26. The summed E-state index contributed by atoms with van der Waals surface area (Å²) in [6, 6.07) is 14.8. The molecule has 6 heteroatoms. The Morgan fingerprint density at radius 1 is 1.07 bits per heavy atom. The van der Waals surface area contributed by atoms with Crippen LogP contribution in [0.15, 0.2) is 52.9 Å². The van der Waals surface area contributed by atoms with Gasteiger partial charge in [0.1, 0.15) is 11.2 Å². The van der Waals surface area contributed by atoms with Crippen molar-refractivity contribution in [3.8, 4) is 5.88 Å². The van der Waals surface area contributed by atoms with E-state index < -0.39 is 0 Å². The van der Waals surface area contributed by atoms with Gasteiger partial charge in [-0.2, -0.15) is 0 Å². The molecule has 0 saturated heterocycles. The van der Waals surface area contributed by atoms with Gasteiger partial charge in [-0.05, 0) is 35.7 Å². The number of aromatic nitrogens is 2. The third-order valence-corrected chi connectivity index (χ3v) is 4.42. The van der Waals surface area contributed by atoms with E-state index in [-0.39, 0.29) is 17.0 Å². The van der Waals surface area contributed by atoms with Crippen LogP contribution in [-0.4, -0.2) is 23.0 Å². The summed E-state index contributed by atoms with van der Waals surface area (Å²) < 4.78 is 11.2. The molecule has 0 atom stereocenters.